The maximum atomic E-state index is 10.9. The number of carbonyl (C=O) groups excluding carboxylic acids is 1. The quantitative estimate of drug-likeness (QED) is 0.587. The van der Waals surface area contributed by atoms with Gasteiger partial charge in [-0.05, 0) is 25.5 Å². The van der Waals surface area contributed by atoms with Crippen LogP contribution in [0.4, 0.5) is 0 Å². The van der Waals surface area contributed by atoms with Gasteiger partial charge >= 0.3 is 0 Å². The topological polar surface area (TPSA) is 41.1 Å². The SMILES string of the molecule is C=CC(=O)N[C@H]1CCCCNC1. The summed E-state index contributed by atoms with van der Waals surface area (Å²) >= 11 is 0. The molecular weight excluding hydrogens is 152 g/mol. The Morgan fingerprint density at radius 1 is 1.58 bits per heavy atom. The molecule has 1 amide bonds. The van der Waals surface area contributed by atoms with E-state index in [2.05, 4.69) is 17.2 Å². The summed E-state index contributed by atoms with van der Waals surface area (Å²) in [5.74, 6) is -0.0660. The standard InChI is InChI=1S/C9H16N2O/c1-2-9(12)11-8-5-3-4-6-10-7-8/h2,8,10H,1,3-7H2,(H,11,12)/t8-/m0/s1. The molecule has 2 N–H and O–H groups in total. The van der Waals surface area contributed by atoms with E-state index < -0.39 is 0 Å². The van der Waals surface area contributed by atoms with Gasteiger partial charge in [0, 0.05) is 12.6 Å². The molecule has 0 aromatic rings. The molecule has 1 aliphatic rings. The number of nitrogens with one attached hydrogen (secondary N) is 2. The van der Waals surface area contributed by atoms with E-state index in [1.807, 2.05) is 0 Å². The fourth-order valence-corrected chi connectivity index (χ4v) is 1.40. The summed E-state index contributed by atoms with van der Waals surface area (Å²) < 4.78 is 0. The third-order valence-corrected chi connectivity index (χ3v) is 2.08. The molecule has 0 aromatic carbocycles. The molecule has 0 saturated carbocycles. The first-order chi connectivity index (χ1) is 5.83. The van der Waals surface area contributed by atoms with Crippen LogP contribution >= 0.6 is 0 Å². The highest BCUT2D eigenvalue weighted by atomic mass is 16.1. The summed E-state index contributed by atoms with van der Waals surface area (Å²) in [6.07, 6.45) is 4.80. The van der Waals surface area contributed by atoms with Crippen LogP contribution in [0.5, 0.6) is 0 Å². The van der Waals surface area contributed by atoms with E-state index in [0.29, 0.717) is 0 Å². The smallest absolute Gasteiger partial charge is 0.243 e. The fourth-order valence-electron chi connectivity index (χ4n) is 1.40. The highest BCUT2D eigenvalue weighted by Crippen LogP contribution is 2.03. The number of rotatable bonds is 2. The summed E-state index contributed by atoms with van der Waals surface area (Å²) in [6, 6.07) is 0.290. The second-order valence-electron chi connectivity index (χ2n) is 3.11. The minimum absolute atomic E-state index is 0.0660. The number of hydrogen-bond donors (Lipinski definition) is 2. The maximum absolute atomic E-state index is 10.9. The summed E-state index contributed by atoms with van der Waals surface area (Å²) in [5.41, 5.74) is 0. The first-order valence-electron chi connectivity index (χ1n) is 4.46. The molecule has 1 heterocycles. The predicted molar refractivity (Wildman–Crippen MR) is 48.8 cm³/mol. The zero-order chi connectivity index (χ0) is 8.81. The minimum atomic E-state index is -0.0660. The molecule has 1 rings (SSSR count). The fraction of sp³-hybridized carbons (Fsp3) is 0.667. The Kier molecular flexibility index (Phi) is 3.80. The van der Waals surface area contributed by atoms with Crippen LogP contribution in [0.15, 0.2) is 12.7 Å². The monoisotopic (exact) mass is 168 g/mol. The van der Waals surface area contributed by atoms with E-state index in [4.69, 9.17) is 0 Å². The summed E-state index contributed by atoms with van der Waals surface area (Å²) in [7, 11) is 0. The van der Waals surface area contributed by atoms with Crippen molar-refractivity contribution in [2.45, 2.75) is 25.3 Å². The van der Waals surface area contributed by atoms with Crippen molar-refractivity contribution in [3.8, 4) is 0 Å². The molecular formula is C9H16N2O. The third-order valence-electron chi connectivity index (χ3n) is 2.08. The zero-order valence-electron chi connectivity index (χ0n) is 7.31. The van der Waals surface area contributed by atoms with Crippen LogP contribution in [0.25, 0.3) is 0 Å². The molecule has 0 bridgehead atoms. The molecule has 3 nitrogen and oxygen atoms in total. The lowest BCUT2D eigenvalue weighted by Gasteiger charge is -2.14. The van der Waals surface area contributed by atoms with E-state index in [1.54, 1.807) is 0 Å². The lowest BCUT2D eigenvalue weighted by molar-refractivity contribution is -0.117. The van der Waals surface area contributed by atoms with E-state index in [9.17, 15) is 4.79 Å². The molecule has 0 unspecified atom stereocenters. The second kappa shape index (κ2) is 4.93. The van der Waals surface area contributed by atoms with Gasteiger partial charge < -0.3 is 10.6 Å². The van der Waals surface area contributed by atoms with Crippen LogP contribution in [0.1, 0.15) is 19.3 Å². The average Bonchev–Trinajstić information content (AvgIpc) is 2.33. The summed E-state index contributed by atoms with van der Waals surface area (Å²) in [4.78, 5) is 10.9. The van der Waals surface area contributed by atoms with Gasteiger partial charge in [-0.25, -0.2) is 0 Å². The number of amides is 1. The van der Waals surface area contributed by atoms with Gasteiger partial charge in [0.05, 0.1) is 0 Å². The van der Waals surface area contributed by atoms with E-state index in [1.165, 1.54) is 18.9 Å². The Bertz CT molecular complexity index is 160. The van der Waals surface area contributed by atoms with E-state index >= 15 is 0 Å². The normalized spacial score (nSPS) is 24.2. The molecule has 1 saturated heterocycles. The molecule has 68 valence electrons. The Labute approximate surface area is 73.2 Å². The molecule has 1 fully saturated rings. The van der Waals surface area contributed by atoms with Crippen LogP contribution in [0, 0.1) is 0 Å². The van der Waals surface area contributed by atoms with Crippen LogP contribution < -0.4 is 10.6 Å². The van der Waals surface area contributed by atoms with E-state index in [-0.39, 0.29) is 11.9 Å². The van der Waals surface area contributed by atoms with E-state index in [0.717, 1.165) is 19.5 Å². The van der Waals surface area contributed by atoms with Crippen LogP contribution in [-0.4, -0.2) is 25.0 Å². The van der Waals surface area contributed by atoms with Crippen molar-refractivity contribution in [3.63, 3.8) is 0 Å². The van der Waals surface area contributed by atoms with Crippen LogP contribution in [0.2, 0.25) is 0 Å². The molecule has 0 aliphatic carbocycles. The lowest BCUT2D eigenvalue weighted by atomic mass is 10.1. The molecule has 3 heteroatoms. The van der Waals surface area contributed by atoms with Gasteiger partial charge in [-0.3, -0.25) is 4.79 Å². The Morgan fingerprint density at radius 3 is 3.17 bits per heavy atom. The Morgan fingerprint density at radius 2 is 2.42 bits per heavy atom. The number of hydrogen-bond acceptors (Lipinski definition) is 2. The van der Waals surface area contributed by atoms with Gasteiger partial charge in [-0.15, -0.1) is 0 Å². The first-order valence-corrected chi connectivity index (χ1v) is 4.46. The predicted octanol–water partition coefficient (Wildman–Crippen LogP) is 0.431. The molecule has 0 spiro atoms. The van der Waals surface area contributed by atoms with Crippen molar-refractivity contribution in [2.24, 2.45) is 0 Å². The van der Waals surface area contributed by atoms with Gasteiger partial charge in [0.2, 0.25) is 5.91 Å². The zero-order valence-corrected chi connectivity index (χ0v) is 7.31. The van der Waals surface area contributed by atoms with Gasteiger partial charge in [-0.2, -0.15) is 0 Å². The van der Waals surface area contributed by atoms with Crippen molar-refractivity contribution in [1.82, 2.24) is 10.6 Å². The van der Waals surface area contributed by atoms with Crippen LogP contribution in [0.3, 0.4) is 0 Å². The van der Waals surface area contributed by atoms with Crippen molar-refractivity contribution in [2.75, 3.05) is 13.1 Å². The Balaban J connectivity index is 2.29. The molecule has 0 radical (unpaired) electrons. The summed E-state index contributed by atoms with van der Waals surface area (Å²) in [5, 5.41) is 6.17. The third kappa shape index (κ3) is 3.05. The van der Waals surface area contributed by atoms with Gasteiger partial charge in [0.15, 0.2) is 0 Å². The second-order valence-corrected chi connectivity index (χ2v) is 3.11. The maximum Gasteiger partial charge on any atom is 0.243 e. The van der Waals surface area contributed by atoms with Gasteiger partial charge in [0.1, 0.15) is 0 Å². The van der Waals surface area contributed by atoms with Crippen molar-refractivity contribution >= 4 is 5.91 Å². The molecule has 1 atom stereocenters. The van der Waals surface area contributed by atoms with Gasteiger partial charge in [0.25, 0.3) is 0 Å². The average molecular weight is 168 g/mol. The van der Waals surface area contributed by atoms with Crippen LogP contribution in [-0.2, 0) is 4.79 Å². The first kappa shape index (κ1) is 9.26. The van der Waals surface area contributed by atoms with Crippen molar-refractivity contribution in [3.05, 3.63) is 12.7 Å². The summed E-state index contributed by atoms with van der Waals surface area (Å²) in [6.45, 7) is 5.38. The minimum Gasteiger partial charge on any atom is -0.349 e. The highest BCUT2D eigenvalue weighted by Gasteiger charge is 2.11. The van der Waals surface area contributed by atoms with Crippen molar-refractivity contribution in [1.29, 1.82) is 0 Å². The molecule has 1 aliphatic heterocycles. The van der Waals surface area contributed by atoms with Gasteiger partial charge in [-0.1, -0.05) is 13.0 Å². The Hall–Kier alpha value is -0.830. The molecule has 0 aromatic heterocycles. The van der Waals surface area contributed by atoms with Crippen molar-refractivity contribution < 1.29 is 4.79 Å². The highest BCUT2D eigenvalue weighted by molar-refractivity contribution is 5.87. The number of carbonyl (C=O) groups is 1. The lowest BCUT2D eigenvalue weighted by Crippen LogP contribution is -2.39. The largest absolute Gasteiger partial charge is 0.349 e. The molecule has 12 heavy (non-hydrogen) atoms.